The van der Waals surface area contributed by atoms with Gasteiger partial charge in [-0.25, -0.2) is 0 Å². The minimum absolute atomic E-state index is 0.0516. The number of hydrogen-bond donors (Lipinski definition) is 0. The molecule has 0 aromatic carbocycles. The maximum atomic E-state index is 12.5. The predicted octanol–water partition coefficient (Wildman–Crippen LogP) is 4.40. The Hall–Kier alpha value is -0.570. The second-order valence-corrected chi connectivity index (χ2v) is 7.47. The van der Waals surface area contributed by atoms with Crippen LogP contribution in [-0.4, -0.2) is 18.4 Å². The normalized spacial score (nSPS) is 17.4. The van der Waals surface area contributed by atoms with Crippen molar-refractivity contribution in [3.8, 4) is 0 Å². The van der Waals surface area contributed by atoms with Crippen LogP contribution in [-0.2, 0) is 14.3 Å². The lowest BCUT2D eigenvalue weighted by molar-refractivity contribution is -0.196. The molecule has 0 fully saturated rings. The lowest BCUT2D eigenvalue weighted by Crippen LogP contribution is -2.40. The molecule has 3 nitrogen and oxygen atoms in total. The summed E-state index contributed by atoms with van der Waals surface area (Å²) in [6.45, 7) is 18.2. The summed E-state index contributed by atoms with van der Waals surface area (Å²) in [7, 11) is 0. The first-order valence-corrected chi connectivity index (χ1v) is 7.25. The number of carbonyl (C=O) groups is 1. The maximum Gasteiger partial charge on any atom is 0.314 e. The van der Waals surface area contributed by atoms with Crippen molar-refractivity contribution in [3.63, 3.8) is 0 Å². The fourth-order valence-electron chi connectivity index (χ4n) is 2.31. The number of hydrogen-bond acceptors (Lipinski definition) is 3. The van der Waals surface area contributed by atoms with E-state index in [9.17, 15) is 4.79 Å². The molecule has 0 saturated heterocycles. The van der Waals surface area contributed by atoms with Crippen LogP contribution in [0.25, 0.3) is 0 Å². The fourth-order valence-corrected chi connectivity index (χ4v) is 2.31. The zero-order chi connectivity index (χ0) is 15.4. The number of ether oxygens (including phenoxy) is 2. The Morgan fingerprint density at radius 2 is 1.47 bits per heavy atom. The molecule has 3 heteroatoms. The summed E-state index contributed by atoms with van der Waals surface area (Å²) in [6, 6.07) is 0. The summed E-state index contributed by atoms with van der Waals surface area (Å²) in [4.78, 5) is 12.5. The Balaban J connectivity index is 4.85. The summed E-state index contributed by atoms with van der Waals surface area (Å²) in [6.07, 6.45) is 0.353. The van der Waals surface area contributed by atoms with Gasteiger partial charge in [-0.1, -0.05) is 34.6 Å². The van der Waals surface area contributed by atoms with Gasteiger partial charge in [-0.2, -0.15) is 0 Å². The average molecular weight is 272 g/mol. The number of carbonyl (C=O) groups excluding carboxylic acids is 1. The summed E-state index contributed by atoms with van der Waals surface area (Å²) >= 11 is 0. The van der Waals surface area contributed by atoms with Crippen LogP contribution in [0, 0.1) is 16.7 Å². The molecule has 0 aromatic rings. The molecule has 0 heterocycles. The molecular formula is C16H32O3. The first-order chi connectivity index (χ1) is 8.38. The standard InChI is InChI=1S/C16H32O3/c1-11(2)16(9,10-15(6,7)8)14(17)19-13(5)18-12(3)4/h11-13H,10H2,1-9H3. The van der Waals surface area contributed by atoms with E-state index in [0.29, 0.717) is 0 Å². The molecule has 0 bridgehead atoms. The highest BCUT2D eigenvalue weighted by Crippen LogP contribution is 2.40. The van der Waals surface area contributed by atoms with Crippen molar-refractivity contribution in [2.75, 3.05) is 0 Å². The van der Waals surface area contributed by atoms with Crippen molar-refractivity contribution < 1.29 is 14.3 Å². The molecule has 0 amide bonds. The van der Waals surface area contributed by atoms with Crippen molar-refractivity contribution in [3.05, 3.63) is 0 Å². The topological polar surface area (TPSA) is 35.5 Å². The molecule has 2 unspecified atom stereocenters. The Morgan fingerprint density at radius 1 is 1.00 bits per heavy atom. The first kappa shape index (κ1) is 18.4. The van der Waals surface area contributed by atoms with Crippen LogP contribution in [0.3, 0.4) is 0 Å². The molecule has 0 aliphatic carbocycles. The van der Waals surface area contributed by atoms with Gasteiger partial charge in [0.2, 0.25) is 0 Å². The quantitative estimate of drug-likeness (QED) is 0.531. The molecule has 0 spiro atoms. The molecule has 0 rings (SSSR count). The van der Waals surface area contributed by atoms with Crippen molar-refractivity contribution in [2.45, 2.75) is 81.1 Å². The van der Waals surface area contributed by atoms with E-state index in [1.807, 2.05) is 20.8 Å². The van der Waals surface area contributed by atoms with E-state index in [4.69, 9.17) is 9.47 Å². The van der Waals surface area contributed by atoms with E-state index in [-0.39, 0.29) is 23.4 Å². The van der Waals surface area contributed by atoms with Gasteiger partial charge < -0.3 is 9.47 Å². The minimum Gasteiger partial charge on any atom is -0.436 e. The van der Waals surface area contributed by atoms with Gasteiger partial charge in [-0.3, -0.25) is 4.79 Å². The lowest BCUT2D eigenvalue weighted by atomic mass is 9.69. The Bertz CT molecular complexity index is 289. The number of rotatable bonds is 6. The van der Waals surface area contributed by atoms with E-state index in [1.165, 1.54) is 0 Å². The monoisotopic (exact) mass is 272 g/mol. The third kappa shape index (κ3) is 6.42. The molecular weight excluding hydrogens is 240 g/mol. The highest BCUT2D eigenvalue weighted by Gasteiger charge is 2.42. The fraction of sp³-hybridized carbons (Fsp3) is 0.938. The molecule has 0 saturated carbocycles. The van der Waals surface area contributed by atoms with E-state index in [0.717, 1.165) is 6.42 Å². The highest BCUT2D eigenvalue weighted by molar-refractivity contribution is 5.76. The second-order valence-electron chi connectivity index (χ2n) is 7.47. The van der Waals surface area contributed by atoms with Gasteiger partial charge in [0.15, 0.2) is 6.29 Å². The van der Waals surface area contributed by atoms with Gasteiger partial charge in [0.05, 0.1) is 11.5 Å². The highest BCUT2D eigenvalue weighted by atomic mass is 16.7. The average Bonchev–Trinajstić information content (AvgIpc) is 2.12. The summed E-state index contributed by atoms with van der Waals surface area (Å²) < 4.78 is 11.0. The van der Waals surface area contributed by atoms with Crippen LogP contribution in [0.4, 0.5) is 0 Å². The lowest BCUT2D eigenvalue weighted by Gasteiger charge is -2.37. The molecule has 0 aromatic heterocycles. The Kier molecular flexibility index (Phi) is 6.53. The third-order valence-corrected chi connectivity index (χ3v) is 3.37. The van der Waals surface area contributed by atoms with E-state index in [2.05, 4.69) is 34.6 Å². The summed E-state index contributed by atoms with van der Waals surface area (Å²) in [5.41, 5.74) is -0.396. The van der Waals surface area contributed by atoms with Gasteiger partial charge in [0, 0.05) is 0 Å². The van der Waals surface area contributed by atoms with Crippen molar-refractivity contribution in [1.82, 2.24) is 0 Å². The van der Waals surface area contributed by atoms with Crippen LogP contribution in [0.1, 0.15) is 68.7 Å². The maximum absolute atomic E-state index is 12.5. The van der Waals surface area contributed by atoms with Crippen LogP contribution >= 0.6 is 0 Å². The van der Waals surface area contributed by atoms with Crippen molar-refractivity contribution in [1.29, 1.82) is 0 Å². The van der Waals surface area contributed by atoms with Gasteiger partial charge in [0.1, 0.15) is 0 Å². The first-order valence-electron chi connectivity index (χ1n) is 7.25. The minimum atomic E-state index is -0.495. The van der Waals surface area contributed by atoms with Gasteiger partial charge in [0.25, 0.3) is 0 Å². The van der Waals surface area contributed by atoms with Crippen LogP contribution in [0.5, 0.6) is 0 Å². The van der Waals surface area contributed by atoms with E-state index >= 15 is 0 Å². The van der Waals surface area contributed by atoms with Gasteiger partial charge in [-0.05, 0) is 45.4 Å². The molecule has 114 valence electrons. The number of esters is 1. The molecule has 19 heavy (non-hydrogen) atoms. The van der Waals surface area contributed by atoms with Crippen molar-refractivity contribution >= 4 is 5.97 Å². The van der Waals surface area contributed by atoms with Gasteiger partial charge in [-0.15, -0.1) is 0 Å². The smallest absolute Gasteiger partial charge is 0.314 e. The molecule has 0 N–H and O–H groups in total. The third-order valence-electron chi connectivity index (χ3n) is 3.37. The zero-order valence-electron chi connectivity index (χ0n) is 14.2. The molecule has 0 aliphatic rings. The largest absolute Gasteiger partial charge is 0.436 e. The predicted molar refractivity (Wildman–Crippen MR) is 78.8 cm³/mol. The zero-order valence-corrected chi connectivity index (χ0v) is 14.2. The summed E-state index contributed by atoms with van der Waals surface area (Å²) in [5, 5.41) is 0. The van der Waals surface area contributed by atoms with Crippen molar-refractivity contribution in [2.24, 2.45) is 16.7 Å². The van der Waals surface area contributed by atoms with Gasteiger partial charge >= 0.3 is 5.97 Å². The van der Waals surface area contributed by atoms with E-state index in [1.54, 1.807) is 6.92 Å². The van der Waals surface area contributed by atoms with Crippen LogP contribution < -0.4 is 0 Å². The Labute approximate surface area is 119 Å². The second kappa shape index (κ2) is 6.74. The van der Waals surface area contributed by atoms with Crippen LogP contribution in [0.15, 0.2) is 0 Å². The molecule has 0 aliphatic heterocycles. The van der Waals surface area contributed by atoms with E-state index < -0.39 is 11.7 Å². The summed E-state index contributed by atoms with van der Waals surface area (Å²) in [5.74, 6) is 0.0658. The SMILES string of the molecule is CC(C)OC(C)OC(=O)C(C)(CC(C)(C)C)C(C)C. The molecule has 2 atom stereocenters. The Morgan fingerprint density at radius 3 is 1.79 bits per heavy atom. The van der Waals surface area contributed by atoms with Crippen LogP contribution in [0.2, 0.25) is 0 Å². The molecule has 0 radical (unpaired) electrons.